The molecule has 0 aliphatic rings. The predicted molar refractivity (Wildman–Crippen MR) is 74.3 cm³/mol. The minimum atomic E-state index is -3.46. The summed E-state index contributed by atoms with van der Waals surface area (Å²) in [6.45, 7) is 7.59. The molecule has 0 aliphatic heterocycles. The first-order valence-electron chi connectivity index (χ1n) is 5.75. The van der Waals surface area contributed by atoms with E-state index in [9.17, 15) is 8.42 Å². The summed E-state index contributed by atoms with van der Waals surface area (Å²) in [5, 5.41) is 8.85. The van der Waals surface area contributed by atoms with Gasteiger partial charge in [-0.15, -0.1) is 17.9 Å². The summed E-state index contributed by atoms with van der Waals surface area (Å²) in [5.74, 6) is 0. The van der Waals surface area contributed by atoms with Gasteiger partial charge in [0.1, 0.15) is 4.21 Å². The molecule has 1 rings (SSSR count). The lowest BCUT2D eigenvalue weighted by Crippen LogP contribution is -2.36. The standard InChI is InChI=1S/C12H19NO3S2/c1-4-8-13(10(2)3)18(15,16)12-6-5-11(17-12)7-9-14/h4-6,10,14H,1,7-9H2,2-3H3. The summed E-state index contributed by atoms with van der Waals surface area (Å²) in [6.07, 6.45) is 2.07. The van der Waals surface area contributed by atoms with Crippen molar-refractivity contribution in [2.75, 3.05) is 13.2 Å². The van der Waals surface area contributed by atoms with E-state index >= 15 is 0 Å². The highest BCUT2D eigenvalue weighted by Gasteiger charge is 2.27. The minimum Gasteiger partial charge on any atom is -0.396 e. The maximum atomic E-state index is 12.4. The maximum Gasteiger partial charge on any atom is 0.253 e. The Bertz CT molecular complexity index is 491. The van der Waals surface area contributed by atoms with Crippen LogP contribution in [0.4, 0.5) is 0 Å². The molecule has 1 aromatic heterocycles. The zero-order valence-electron chi connectivity index (χ0n) is 10.7. The van der Waals surface area contributed by atoms with Gasteiger partial charge in [0, 0.05) is 30.5 Å². The fraction of sp³-hybridized carbons (Fsp3) is 0.500. The molecule has 6 heteroatoms. The zero-order valence-corrected chi connectivity index (χ0v) is 12.3. The summed E-state index contributed by atoms with van der Waals surface area (Å²) >= 11 is 1.21. The van der Waals surface area contributed by atoms with Crippen molar-refractivity contribution < 1.29 is 13.5 Å². The fourth-order valence-electron chi connectivity index (χ4n) is 1.57. The first-order valence-corrected chi connectivity index (χ1v) is 8.01. The van der Waals surface area contributed by atoms with Crippen molar-refractivity contribution in [1.29, 1.82) is 0 Å². The predicted octanol–water partition coefficient (Wildman–Crippen LogP) is 1.87. The largest absolute Gasteiger partial charge is 0.396 e. The Morgan fingerprint density at radius 2 is 2.17 bits per heavy atom. The van der Waals surface area contributed by atoms with E-state index in [0.717, 1.165) is 4.88 Å². The molecule has 0 aromatic carbocycles. The first kappa shape index (κ1) is 15.4. The van der Waals surface area contributed by atoms with Crippen molar-refractivity contribution in [3.8, 4) is 0 Å². The average molecular weight is 289 g/mol. The SMILES string of the molecule is C=CCN(C(C)C)S(=O)(=O)c1ccc(CCO)s1. The van der Waals surface area contributed by atoms with E-state index in [1.165, 1.54) is 15.6 Å². The van der Waals surface area contributed by atoms with Crippen LogP contribution in [-0.4, -0.2) is 37.0 Å². The highest BCUT2D eigenvalue weighted by Crippen LogP contribution is 2.26. The van der Waals surface area contributed by atoms with Crippen LogP contribution in [0.1, 0.15) is 18.7 Å². The molecule has 1 N–H and O–H groups in total. The number of sulfonamides is 1. The van der Waals surface area contributed by atoms with Crippen molar-refractivity contribution in [1.82, 2.24) is 4.31 Å². The normalized spacial score (nSPS) is 12.3. The van der Waals surface area contributed by atoms with Crippen molar-refractivity contribution >= 4 is 21.4 Å². The van der Waals surface area contributed by atoms with Crippen molar-refractivity contribution in [3.63, 3.8) is 0 Å². The number of nitrogens with zero attached hydrogens (tertiary/aromatic N) is 1. The van der Waals surface area contributed by atoms with Crippen LogP contribution in [0.25, 0.3) is 0 Å². The Balaban J connectivity index is 3.05. The lowest BCUT2D eigenvalue weighted by Gasteiger charge is -2.23. The molecule has 0 unspecified atom stereocenters. The molecule has 1 heterocycles. The molecule has 0 atom stereocenters. The van der Waals surface area contributed by atoms with Gasteiger partial charge in [0.15, 0.2) is 0 Å². The molecule has 0 saturated carbocycles. The molecule has 0 saturated heterocycles. The summed E-state index contributed by atoms with van der Waals surface area (Å²) < 4.78 is 26.5. The van der Waals surface area contributed by atoms with Gasteiger partial charge in [0.25, 0.3) is 10.0 Å². The summed E-state index contributed by atoms with van der Waals surface area (Å²) in [5.41, 5.74) is 0. The molecule has 0 aliphatic carbocycles. The zero-order chi connectivity index (χ0) is 13.8. The Morgan fingerprint density at radius 3 is 2.67 bits per heavy atom. The number of aliphatic hydroxyl groups excluding tert-OH is 1. The Kier molecular flexibility index (Phi) is 5.52. The van der Waals surface area contributed by atoms with E-state index in [2.05, 4.69) is 6.58 Å². The highest BCUT2D eigenvalue weighted by atomic mass is 32.2. The molecule has 18 heavy (non-hydrogen) atoms. The van der Waals surface area contributed by atoms with Crippen LogP contribution >= 0.6 is 11.3 Å². The Morgan fingerprint density at radius 1 is 1.50 bits per heavy atom. The molecule has 4 nitrogen and oxygen atoms in total. The van der Waals surface area contributed by atoms with Gasteiger partial charge < -0.3 is 5.11 Å². The minimum absolute atomic E-state index is 0.0283. The maximum absolute atomic E-state index is 12.4. The second-order valence-corrected chi connectivity index (χ2v) is 7.44. The van der Waals surface area contributed by atoms with Gasteiger partial charge >= 0.3 is 0 Å². The van der Waals surface area contributed by atoms with E-state index < -0.39 is 10.0 Å². The molecule has 0 bridgehead atoms. The van der Waals surface area contributed by atoms with Gasteiger partial charge in [0.05, 0.1) is 0 Å². The van der Waals surface area contributed by atoms with E-state index in [1.54, 1.807) is 18.2 Å². The van der Waals surface area contributed by atoms with Crippen molar-refractivity contribution in [3.05, 3.63) is 29.7 Å². The fourth-order valence-corrected chi connectivity index (χ4v) is 4.65. The van der Waals surface area contributed by atoms with E-state index in [0.29, 0.717) is 17.2 Å². The topological polar surface area (TPSA) is 57.6 Å². The van der Waals surface area contributed by atoms with Crippen LogP contribution in [0, 0.1) is 0 Å². The van der Waals surface area contributed by atoms with Crippen LogP contribution in [-0.2, 0) is 16.4 Å². The third-order valence-corrected chi connectivity index (χ3v) is 6.10. The Hall–Kier alpha value is -0.690. The van der Waals surface area contributed by atoms with Crippen molar-refractivity contribution in [2.45, 2.75) is 30.5 Å². The van der Waals surface area contributed by atoms with Gasteiger partial charge in [-0.25, -0.2) is 8.42 Å². The molecular formula is C12H19NO3S2. The lowest BCUT2D eigenvalue weighted by molar-refractivity contribution is 0.300. The van der Waals surface area contributed by atoms with E-state index in [1.807, 2.05) is 13.8 Å². The van der Waals surface area contributed by atoms with E-state index in [4.69, 9.17) is 5.11 Å². The second-order valence-electron chi connectivity index (χ2n) is 4.15. The van der Waals surface area contributed by atoms with Gasteiger partial charge in [-0.3, -0.25) is 0 Å². The average Bonchev–Trinajstić information content (AvgIpc) is 2.75. The quantitative estimate of drug-likeness (QED) is 0.780. The number of rotatable bonds is 7. The molecule has 102 valence electrons. The number of hydrogen-bond acceptors (Lipinski definition) is 4. The molecule has 1 aromatic rings. The summed E-state index contributed by atoms with van der Waals surface area (Å²) in [6, 6.07) is 3.24. The molecule has 0 radical (unpaired) electrons. The van der Waals surface area contributed by atoms with Gasteiger partial charge in [-0.1, -0.05) is 6.08 Å². The van der Waals surface area contributed by atoms with Crippen LogP contribution < -0.4 is 0 Å². The first-order chi connectivity index (χ1) is 8.43. The lowest BCUT2D eigenvalue weighted by atomic mass is 10.4. The monoisotopic (exact) mass is 289 g/mol. The smallest absolute Gasteiger partial charge is 0.253 e. The second kappa shape index (κ2) is 6.47. The van der Waals surface area contributed by atoms with Crippen molar-refractivity contribution in [2.24, 2.45) is 0 Å². The van der Waals surface area contributed by atoms with Gasteiger partial charge in [-0.05, 0) is 26.0 Å². The van der Waals surface area contributed by atoms with Crippen LogP contribution in [0.3, 0.4) is 0 Å². The highest BCUT2D eigenvalue weighted by molar-refractivity contribution is 7.91. The number of hydrogen-bond donors (Lipinski definition) is 1. The van der Waals surface area contributed by atoms with E-state index in [-0.39, 0.29) is 12.6 Å². The molecule has 0 amide bonds. The molecular weight excluding hydrogens is 270 g/mol. The summed E-state index contributed by atoms with van der Waals surface area (Å²) in [4.78, 5) is 0.874. The third-order valence-electron chi connectivity index (χ3n) is 2.44. The summed E-state index contributed by atoms with van der Waals surface area (Å²) in [7, 11) is -3.46. The van der Waals surface area contributed by atoms with Gasteiger partial charge in [0.2, 0.25) is 0 Å². The van der Waals surface area contributed by atoms with Crippen LogP contribution in [0.15, 0.2) is 29.0 Å². The van der Waals surface area contributed by atoms with Crippen LogP contribution in [0.5, 0.6) is 0 Å². The van der Waals surface area contributed by atoms with Gasteiger partial charge in [-0.2, -0.15) is 4.31 Å². The molecule has 0 spiro atoms. The number of aliphatic hydroxyl groups is 1. The third kappa shape index (κ3) is 3.41. The van der Waals surface area contributed by atoms with Crippen LogP contribution in [0.2, 0.25) is 0 Å². The molecule has 0 fully saturated rings. The number of thiophene rings is 1. The Labute approximate surface area is 113 Å².